The van der Waals surface area contributed by atoms with E-state index < -0.39 is 5.97 Å². The van der Waals surface area contributed by atoms with Crippen LogP contribution < -0.4 is 0 Å². The van der Waals surface area contributed by atoms with Gasteiger partial charge in [-0.05, 0) is 49.7 Å². The van der Waals surface area contributed by atoms with E-state index in [4.69, 9.17) is 4.98 Å². The molecule has 0 bridgehead atoms. The van der Waals surface area contributed by atoms with Gasteiger partial charge in [0.25, 0.3) is 0 Å². The number of carboxylic acid groups (broad SMARTS) is 1. The number of benzene rings is 2. The van der Waals surface area contributed by atoms with Crippen molar-refractivity contribution in [3.63, 3.8) is 0 Å². The molecule has 0 saturated carbocycles. The minimum atomic E-state index is -0.996. The van der Waals surface area contributed by atoms with Gasteiger partial charge >= 0.3 is 5.97 Å². The summed E-state index contributed by atoms with van der Waals surface area (Å²) in [4.78, 5) is 23.3. The van der Waals surface area contributed by atoms with Gasteiger partial charge in [-0.3, -0.25) is 0 Å². The first-order valence-corrected chi connectivity index (χ1v) is 10.0. The molecule has 1 fully saturated rings. The van der Waals surface area contributed by atoms with Crippen LogP contribution >= 0.6 is 0 Å². The number of aryl methyl sites for hydroxylation is 1. The van der Waals surface area contributed by atoms with E-state index in [-0.39, 0.29) is 17.3 Å². The fraction of sp³-hybridized carbons (Fsp3) is 0.348. The van der Waals surface area contributed by atoms with Crippen LogP contribution in [0.5, 0.6) is 0 Å². The summed E-state index contributed by atoms with van der Waals surface area (Å²) in [6, 6.07) is 11.9. The van der Waals surface area contributed by atoms with E-state index in [2.05, 4.69) is 9.88 Å². The number of para-hydroxylation sites is 1. The van der Waals surface area contributed by atoms with E-state index in [1.807, 2.05) is 19.1 Å². The van der Waals surface area contributed by atoms with E-state index in [9.17, 15) is 14.3 Å². The summed E-state index contributed by atoms with van der Waals surface area (Å²) in [5.41, 5.74) is 2.43. The Balaban J connectivity index is 1.78. The minimum absolute atomic E-state index is 0.0716. The number of hydrogen-bond acceptors (Lipinski definition) is 4. The molecule has 1 saturated heterocycles. The molecule has 5 nitrogen and oxygen atoms in total. The molecule has 0 spiro atoms. The molecule has 1 aromatic heterocycles. The zero-order valence-electron chi connectivity index (χ0n) is 16.4. The maximum Gasteiger partial charge on any atom is 0.337 e. The van der Waals surface area contributed by atoms with Gasteiger partial charge in [-0.1, -0.05) is 31.2 Å². The number of fused-ring (bicyclic) bond motifs is 1. The van der Waals surface area contributed by atoms with Crippen molar-refractivity contribution >= 4 is 16.9 Å². The number of rotatable bonds is 7. The second-order valence-corrected chi connectivity index (χ2v) is 7.56. The summed E-state index contributed by atoms with van der Waals surface area (Å²) in [6.45, 7) is 4.90. The lowest BCUT2D eigenvalue weighted by atomic mass is 9.91. The summed E-state index contributed by atoms with van der Waals surface area (Å²) in [5.74, 6) is -0.541. The monoisotopic (exact) mass is 393 g/mol. The van der Waals surface area contributed by atoms with Gasteiger partial charge in [0.15, 0.2) is 0 Å². The van der Waals surface area contributed by atoms with Crippen LogP contribution in [0.15, 0.2) is 42.5 Å². The Morgan fingerprint density at radius 2 is 2.00 bits per heavy atom. The summed E-state index contributed by atoms with van der Waals surface area (Å²) in [7, 11) is 0. The normalized spacial score (nSPS) is 15.2. The molecular formula is C23H24FN3O2. The van der Waals surface area contributed by atoms with Crippen LogP contribution in [-0.2, 0) is 12.8 Å². The molecular weight excluding hydrogens is 369 g/mol. The second kappa shape index (κ2) is 8.25. The molecule has 0 aliphatic carbocycles. The minimum Gasteiger partial charge on any atom is -0.478 e. The van der Waals surface area contributed by atoms with Gasteiger partial charge in [0.05, 0.1) is 16.8 Å². The van der Waals surface area contributed by atoms with Crippen LogP contribution in [0.3, 0.4) is 0 Å². The van der Waals surface area contributed by atoms with Gasteiger partial charge in [-0.2, -0.15) is 0 Å². The van der Waals surface area contributed by atoms with Crippen molar-refractivity contribution in [3.8, 4) is 0 Å². The summed E-state index contributed by atoms with van der Waals surface area (Å²) < 4.78 is 13.9. The Labute approximate surface area is 169 Å². The van der Waals surface area contributed by atoms with Crippen LogP contribution in [0.1, 0.15) is 46.7 Å². The molecule has 0 amide bonds. The van der Waals surface area contributed by atoms with Crippen molar-refractivity contribution in [3.05, 3.63) is 70.9 Å². The van der Waals surface area contributed by atoms with Crippen LogP contribution in [0.2, 0.25) is 0 Å². The third kappa shape index (κ3) is 4.12. The maximum absolute atomic E-state index is 13.9. The van der Waals surface area contributed by atoms with Crippen molar-refractivity contribution in [1.82, 2.24) is 14.9 Å². The highest BCUT2D eigenvalue weighted by Crippen LogP contribution is 2.28. The Morgan fingerprint density at radius 1 is 1.21 bits per heavy atom. The fourth-order valence-electron chi connectivity index (χ4n) is 3.91. The smallest absolute Gasteiger partial charge is 0.337 e. The van der Waals surface area contributed by atoms with Crippen molar-refractivity contribution in [2.45, 2.75) is 32.1 Å². The SMILES string of the molecule is CCc1nc(C[C@H](CN2CCC2)c2cccc(F)c2)c2cccc(C(=O)O)c2n1. The summed E-state index contributed by atoms with van der Waals surface area (Å²) >= 11 is 0. The molecule has 6 heteroatoms. The number of likely N-dealkylation sites (tertiary alicyclic amines) is 1. The molecule has 2 heterocycles. The molecule has 150 valence electrons. The zero-order chi connectivity index (χ0) is 20.4. The lowest BCUT2D eigenvalue weighted by Gasteiger charge is -2.34. The molecule has 1 atom stereocenters. The molecule has 4 rings (SSSR count). The van der Waals surface area contributed by atoms with Crippen molar-refractivity contribution in [1.29, 1.82) is 0 Å². The lowest BCUT2D eigenvalue weighted by Crippen LogP contribution is -2.40. The van der Waals surface area contributed by atoms with E-state index in [0.717, 1.165) is 36.3 Å². The van der Waals surface area contributed by atoms with E-state index in [1.165, 1.54) is 12.5 Å². The predicted molar refractivity (Wildman–Crippen MR) is 110 cm³/mol. The second-order valence-electron chi connectivity index (χ2n) is 7.56. The van der Waals surface area contributed by atoms with Crippen LogP contribution in [0, 0.1) is 5.82 Å². The first-order chi connectivity index (χ1) is 14.0. The van der Waals surface area contributed by atoms with E-state index in [1.54, 1.807) is 24.3 Å². The predicted octanol–water partition coefficient (Wildman–Crippen LogP) is 4.06. The van der Waals surface area contributed by atoms with Gasteiger partial charge in [-0.25, -0.2) is 19.2 Å². The summed E-state index contributed by atoms with van der Waals surface area (Å²) in [5, 5.41) is 10.3. The number of nitrogens with zero attached hydrogens (tertiary/aromatic N) is 3. The Bertz CT molecular complexity index is 1050. The number of aromatic nitrogens is 2. The number of halogens is 1. The highest BCUT2D eigenvalue weighted by Gasteiger charge is 2.23. The van der Waals surface area contributed by atoms with Gasteiger partial charge in [0.2, 0.25) is 0 Å². The number of aromatic carboxylic acids is 1. The average Bonchev–Trinajstić information content (AvgIpc) is 2.68. The quantitative estimate of drug-likeness (QED) is 0.656. The molecule has 1 N–H and O–H groups in total. The molecule has 0 radical (unpaired) electrons. The van der Waals surface area contributed by atoms with Crippen LogP contribution in [-0.4, -0.2) is 45.6 Å². The standard InChI is InChI=1S/C23H24FN3O2/c1-2-21-25-20(18-8-4-9-19(23(28)29)22(18)26-21)13-16(14-27-10-5-11-27)15-6-3-7-17(24)12-15/h3-4,6-9,12,16H,2,5,10-11,13-14H2,1H3,(H,28,29)/t16-/m1/s1. The third-order valence-electron chi connectivity index (χ3n) is 5.59. The average molecular weight is 393 g/mol. The van der Waals surface area contributed by atoms with Gasteiger partial charge in [0, 0.05) is 24.3 Å². The van der Waals surface area contributed by atoms with Crippen molar-refractivity contribution in [2.24, 2.45) is 0 Å². The fourth-order valence-corrected chi connectivity index (χ4v) is 3.91. The topological polar surface area (TPSA) is 66.3 Å². The van der Waals surface area contributed by atoms with Crippen LogP contribution in [0.4, 0.5) is 4.39 Å². The Kier molecular flexibility index (Phi) is 5.53. The van der Waals surface area contributed by atoms with Gasteiger partial charge in [0.1, 0.15) is 11.6 Å². The van der Waals surface area contributed by atoms with Gasteiger partial charge in [-0.15, -0.1) is 0 Å². The van der Waals surface area contributed by atoms with Crippen molar-refractivity contribution in [2.75, 3.05) is 19.6 Å². The molecule has 2 aromatic carbocycles. The molecule has 29 heavy (non-hydrogen) atoms. The Hall–Kier alpha value is -2.86. The lowest BCUT2D eigenvalue weighted by molar-refractivity contribution is 0.0699. The number of hydrogen-bond donors (Lipinski definition) is 1. The van der Waals surface area contributed by atoms with E-state index in [0.29, 0.717) is 24.2 Å². The van der Waals surface area contributed by atoms with Gasteiger partial charge < -0.3 is 10.0 Å². The van der Waals surface area contributed by atoms with Crippen LogP contribution in [0.25, 0.3) is 10.9 Å². The first kappa shape index (κ1) is 19.5. The third-order valence-corrected chi connectivity index (χ3v) is 5.59. The highest BCUT2D eigenvalue weighted by atomic mass is 19.1. The number of carbonyl (C=O) groups is 1. The zero-order valence-corrected chi connectivity index (χ0v) is 16.4. The molecule has 1 aliphatic rings. The molecule has 3 aromatic rings. The molecule has 1 aliphatic heterocycles. The van der Waals surface area contributed by atoms with Crippen molar-refractivity contribution < 1.29 is 14.3 Å². The molecule has 0 unspecified atom stereocenters. The van der Waals surface area contributed by atoms with E-state index >= 15 is 0 Å². The largest absolute Gasteiger partial charge is 0.478 e. The number of carboxylic acids is 1. The Morgan fingerprint density at radius 3 is 2.66 bits per heavy atom. The maximum atomic E-state index is 13.9. The highest BCUT2D eigenvalue weighted by molar-refractivity contribution is 6.02. The first-order valence-electron chi connectivity index (χ1n) is 10.0. The summed E-state index contributed by atoms with van der Waals surface area (Å²) in [6.07, 6.45) is 2.41.